The van der Waals surface area contributed by atoms with Crippen LogP contribution in [0.25, 0.3) is 0 Å². The summed E-state index contributed by atoms with van der Waals surface area (Å²) in [4.78, 5) is -0.115. The highest BCUT2D eigenvalue weighted by molar-refractivity contribution is 7.89. The van der Waals surface area contributed by atoms with Crippen molar-refractivity contribution in [1.82, 2.24) is 4.72 Å². The zero-order valence-corrected chi connectivity index (χ0v) is 13.7. The van der Waals surface area contributed by atoms with Crippen LogP contribution in [-0.2, 0) is 10.0 Å². The molecule has 1 aromatic carbocycles. The van der Waals surface area contributed by atoms with Gasteiger partial charge in [0.1, 0.15) is 23.6 Å². The fraction of sp³-hybridized carbons (Fsp3) is 0.500. The van der Waals surface area contributed by atoms with Crippen LogP contribution < -0.4 is 14.2 Å². The highest BCUT2D eigenvalue weighted by Gasteiger charge is 2.64. The zero-order valence-electron chi connectivity index (χ0n) is 12.1. The van der Waals surface area contributed by atoms with Crippen LogP contribution in [0, 0.1) is 16.7 Å². The van der Waals surface area contributed by atoms with E-state index in [1.165, 1.54) is 12.1 Å². The number of rotatable bonds is 3. The Labute approximate surface area is 134 Å². The van der Waals surface area contributed by atoms with Gasteiger partial charge in [-0.3, -0.25) is 0 Å². The van der Waals surface area contributed by atoms with Gasteiger partial charge in [-0.05, 0) is 6.42 Å². The molecule has 0 amide bonds. The summed E-state index contributed by atoms with van der Waals surface area (Å²) in [5, 5.41) is 9.34. The molecule has 22 heavy (non-hydrogen) atoms. The Morgan fingerprint density at radius 1 is 1.27 bits per heavy atom. The van der Waals surface area contributed by atoms with Crippen molar-refractivity contribution in [3.05, 3.63) is 17.2 Å². The molecule has 0 bridgehead atoms. The van der Waals surface area contributed by atoms with Crippen LogP contribution in [0.15, 0.2) is 17.0 Å². The molecule has 1 atom stereocenters. The lowest BCUT2D eigenvalue weighted by Gasteiger charge is -2.21. The Morgan fingerprint density at radius 2 is 1.82 bits per heavy atom. The molecule has 1 fully saturated rings. The molecule has 1 unspecified atom stereocenters. The minimum atomic E-state index is -3.94. The number of fused-ring (bicyclic) bond motifs is 1. The summed E-state index contributed by atoms with van der Waals surface area (Å²) < 4.78 is 38.4. The fourth-order valence-corrected chi connectivity index (χ4v) is 4.54. The maximum atomic E-state index is 12.6. The second-order valence-corrected chi connectivity index (χ2v) is 8.17. The van der Waals surface area contributed by atoms with Crippen LogP contribution in [0.3, 0.4) is 0 Å². The summed E-state index contributed by atoms with van der Waals surface area (Å²) in [5.41, 5.74) is -1.50. The van der Waals surface area contributed by atoms with Crippen molar-refractivity contribution < 1.29 is 17.9 Å². The largest absolute Gasteiger partial charge is 0.486 e. The van der Waals surface area contributed by atoms with Gasteiger partial charge < -0.3 is 9.47 Å². The van der Waals surface area contributed by atoms with Crippen molar-refractivity contribution in [1.29, 1.82) is 5.26 Å². The lowest BCUT2D eigenvalue weighted by molar-refractivity contribution is 0.171. The normalized spacial score (nSPS) is 25.4. The molecule has 1 saturated carbocycles. The van der Waals surface area contributed by atoms with E-state index in [4.69, 9.17) is 21.1 Å². The second kappa shape index (κ2) is 4.75. The van der Waals surface area contributed by atoms with Crippen LogP contribution in [0.1, 0.15) is 20.3 Å². The summed E-state index contributed by atoms with van der Waals surface area (Å²) in [6, 6.07) is 4.81. The second-order valence-electron chi connectivity index (χ2n) is 6.11. The summed E-state index contributed by atoms with van der Waals surface area (Å²) in [5.74, 6) is 0.744. The van der Waals surface area contributed by atoms with E-state index >= 15 is 0 Å². The maximum Gasteiger partial charge on any atom is 0.243 e. The predicted octanol–water partition coefficient (Wildman–Crippen LogP) is 2.08. The molecular weight excluding hydrogens is 328 g/mol. The molecule has 6 nitrogen and oxygen atoms in total. The Balaban J connectivity index is 1.98. The molecule has 3 rings (SSSR count). The van der Waals surface area contributed by atoms with E-state index in [-0.39, 0.29) is 9.92 Å². The van der Waals surface area contributed by atoms with Gasteiger partial charge in [0.2, 0.25) is 10.0 Å². The number of hydrogen-bond acceptors (Lipinski definition) is 5. The van der Waals surface area contributed by atoms with Gasteiger partial charge in [-0.2, -0.15) is 9.98 Å². The van der Waals surface area contributed by atoms with Gasteiger partial charge in [0, 0.05) is 17.5 Å². The Bertz CT molecular complexity index is 785. The monoisotopic (exact) mass is 342 g/mol. The Morgan fingerprint density at radius 3 is 2.32 bits per heavy atom. The van der Waals surface area contributed by atoms with Crippen molar-refractivity contribution in [3.63, 3.8) is 0 Å². The lowest BCUT2D eigenvalue weighted by Crippen LogP contribution is -2.39. The van der Waals surface area contributed by atoms with Gasteiger partial charge in [0.25, 0.3) is 0 Å². The molecule has 0 aromatic heterocycles. The minimum absolute atomic E-state index is 0.0308. The smallest absolute Gasteiger partial charge is 0.243 e. The van der Waals surface area contributed by atoms with Crippen molar-refractivity contribution in [2.75, 3.05) is 13.2 Å². The van der Waals surface area contributed by atoms with E-state index in [1.54, 1.807) is 0 Å². The molecule has 1 aromatic rings. The molecule has 1 N–H and O–H groups in total. The van der Waals surface area contributed by atoms with Gasteiger partial charge in [0.05, 0.1) is 11.1 Å². The van der Waals surface area contributed by atoms with Gasteiger partial charge in [0.15, 0.2) is 11.5 Å². The molecule has 0 radical (unpaired) electrons. The average molecular weight is 343 g/mol. The van der Waals surface area contributed by atoms with Gasteiger partial charge in [-0.15, -0.1) is 0 Å². The molecule has 1 aliphatic heterocycles. The number of nitrogens with zero attached hydrogens (tertiary/aromatic N) is 1. The van der Waals surface area contributed by atoms with Crippen molar-refractivity contribution in [2.24, 2.45) is 5.41 Å². The van der Waals surface area contributed by atoms with E-state index in [1.807, 2.05) is 13.8 Å². The predicted molar refractivity (Wildman–Crippen MR) is 79.5 cm³/mol. The maximum absolute atomic E-state index is 12.6. The number of halogens is 1. The van der Waals surface area contributed by atoms with Crippen LogP contribution in [0.4, 0.5) is 0 Å². The van der Waals surface area contributed by atoms with Crippen LogP contribution in [0.2, 0.25) is 5.02 Å². The van der Waals surface area contributed by atoms with Crippen molar-refractivity contribution in [2.45, 2.75) is 30.7 Å². The number of nitrogens with one attached hydrogen (secondary N) is 1. The van der Waals surface area contributed by atoms with Gasteiger partial charge in [-0.25, -0.2) is 8.42 Å². The summed E-state index contributed by atoms with van der Waals surface area (Å²) in [6.45, 7) is 4.41. The number of nitriles is 1. The molecule has 1 aliphatic carbocycles. The zero-order chi connectivity index (χ0) is 16.2. The van der Waals surface area contributed by atoms with E-state index in [0.717, 1.165) is 0 Å². The van der Waals surface area contributed by atoms with Crippen LogP contribution in [-0.4, -0.2) is 27.2 Å². The molecule has 118 valence electrons. The molecule has 0 spiro atoms. The van der Waals surface area contributed by atoms with Crippen LogP contribution in [0.5, 0.6) is 11.5 Å². The van der Waals surface area contributed by atoms with E-state index < -0.39 is 21.0 Å². The fourth-order valence-electron chi connectivity index (χ4n) is 2.54. The molecular formula is C14H15ClN2O4S. The third-order valence-electron chi connectivity index (χ3n) is 4.12. The number of sulfonamides is 1. The first kappa shape index (κ1) is 15.4. The minimum Gasteiger partial charge on any atom is -0.486 e. The van der Waals surface area contributed by atoms with Crippen molar-refractivity contribution in [3.8, 4) is 17.6 Å². The average Bonchev–Trinajstić information content (AvgIpc) is 2.98. The molecule has 8 heteroatoms. The van der Waals surface area contributed by atoms with Crippen LogP contribution >= 0.6 is 11.6 Å². The lowest BCUT2D eigenvalue weighted by atomic mass is 10.1. The highest BCUT2D eigenvalue weighted by atomic mass is 35.5. The first-order valence-electron chi connectivity index (χ1n) is 6.75. The third kappa shape index (κ3) is 2.32. The van der Waals surface area contributed by atoms with Crippen molar-refractivity contribution >= 4 is 21.6 Å². The van der Waals surface area contributed by atoms with Gasteiger partial charge >= 0.3 is 0 Å². The first-order chi connectivity index (χ1) is 10.2. The van der Waals surface area contributed by atoms with E-state index in [2.05, 4.69) is 10.8 Å². The Hall–Kier alpha value is -1.49. The van der Waals surface area contributed by atoms with Gasteiger partial charge in [-0.1, -0.05) is 25.4 Å². The molecule has 2 aliphatic rings. The molecule has 1 heterocycles. The SMILES string of the molecule is CC1(C)CC1(C#N)NS(=O)(=O)c1cc2c(cc1Cl)OCCO2. The quantitative estimate of drug-likeness (QED) is 0.908. The summed E-state index contributed by atoms with van der Waals surface area (Å²) >= 11 is 6.07. The van der Waals surface area contributed by atoms with E-state index in [9.17, 15) is 13.7 Å². The number of benzene rings is 1. The standard InChI is InChI=1S/C14H15ClN2O4S/c1-13(2)7-14(13,8-16)17-22(18,19)12-6-11-10(5-9(12)15)20-3-4-21-11/h5-6,17H,3-4,7H2,1-2H3. The summed E-state index contributed by atoms with van der Waals surface area (Å²) in [6.07, 6.45) is 0.456. The molecule has 0 saturated heterocycles. The summed E-state index contributed by atoms with van der Waals surface area (Å²) in [7, 11) is -3.94. The van der Waals surface area contributed by atoms with E-state index in [0.29, 0.717) is 31.1 Å². The third-order valence-corrected chi connectivity index (χ3v) is 6.08. The number of ether oxygens (including phenoxy) is 2. The highest BCUT2D eigenvalue weighted by Crippen LogP contribution is 2.56. The Kier molecular flexibility index (Phi) is 3.33. The topological polar surface area (TPSA) is 88.4 Å². The first-order valence-corrected chi connectivity index (χ1v) is 8.61. The number of hydrogen-bond donors (Lipinski definition) is 1.